The first kappa shape index (κ1) is 19.4. The van der Waals surface area contributed by atoms with E-state index in [2.05, 4.69) is 5.32 Å². The Balaban J connectivity index is 2.59. The third-order valence-electron chi connectivity index (χ3n) is 3.45. The minimum Gasteiger partial charge on any atom is -0.497 e. The predicted molar refractivity (Wildman–Crippen MR) is 91.0 cm³/mol. The van der Waals surface area contributed by atoms with E-state index < -0.39 is 10.0 Å². The van der Waals surface area contributed by atoms with Crippen LogP contribution in [0.4, 0.5) is 0 Å². The highest BCUT2D eigenvalue weighted by atomic mass is 32.2. The Kier molecular flexibility index (Phi) is 8.05. The molecule has 130 valence electrons. The maximum atomic E-state index is 11.8. The van der Waals surface area contributed by atoms with Gasteiger partial charge in [-0.05, 0) is 30.5 Å². The summed E-state index contributed by atoms with van der Waals surface area (Å²) in [5, 5.41) is 2.74. The number of carbonyl (C=O) groups excluding carboxylic acids is 1. The molecule has 0 saturated carbocycles. The number of ether oxygens (including phenoxy) is 1. The highest BCUT2D eigenvalue weighted by Crippen LogP contribution is 2.12. The Morgan fingerprint density at radius 1 is 1.26 bits per heavy atom. The van der Waals surface area contributed by atoms with Crippen LogP contribution in [0.5, 0.6) is 5.75 Å². The second-order valence-corrected chi connectivity index (χ2v) is 7.38. The monoisotopic (exact) mass is 342 g/mol. The Labute approximate surface area is 138 Å². The highest BCUT2D eigenvalue weighted by molar-refractivity contribution is 7.88. The topological polar surface area (TPSA) is 75.7 Å². The van der Waals surface area contributed by atoms with Gasteiger partial charge in [-0.15, -0.1) is 0 Å². The zero-order chi connectivity index (χ0) is 17.3. The number of methoxy groups -OCH3 is 1. The van der Waals surface area contributed by atoms with Gasteiger partial charge in [0.15, 0.2) is 0 Å². The van der Waals surface area contributed by atoms with Crippen LogP contribution >= 0.6 is 0 Å². The number of nitrogens with one attached hydrogen (secondary N) is 1. The molecule has 0 radical (unpaired) electrons. The number of benzene rings is 1. The molecule has 1 amide bonds. The van der Waals surface area contributed by atoms with Crippen LogP contribution in [-0.4, -0.2) is 51.6 Å². The molecule has 0 aliphatic carbocycles. The van der Waals surface area contributed by atoms with Gasteiger partial charge in [0.2, 0.25) is 15.9 Å². The van der Waals surface area contributed by atoms with Crippen molar-refractivity contribution in [3.63, 3.8) is 0 Å². The Morgan fingerprint density at radius 2 is 1.91 bits per heavy atom. The second-order valence-electron chi connectivity index (χ2n) is 5.40. The van der Waals surface area contributed by atoms with Gasteiger partial charge in [-0.1, -0.05) is 25.5 Å². The van der Waals surface area contributed by atoms with Crippen molar-refractivity contribution in [2.45, 2.75) is 26.2 Å². The van der Waals surface area contributed by atoms with Crippen LogP contribution in [0.1, 0.15) is 25.3 Å². The second kappa shape index (κ2) is 9.52. The van der Waals surface area contributed by atoms with Gasteiger partial charge >= 0.3 is 0 Å². The quantitative estimate of drug-likeness (QED) is 0.653. The fourth-order valence-corrected chi connectivity index (χ4v) is 2.80. The molecule has 0 saturated heterocycles. The highest BCUT2D eigenvalue weighted by Gasteiger charge is 2.19. The first-order valence-electron chi connectivity index (χ1n) is 7.71. The maximum Gasteiger partial charge on any atom is 0.235 e. The predicted octanol–water partition coefficient (Wildman–Crippen LogP) is 1.42. The standard InChI is InChI=1S/C16H26N2O4S/c1-4-5-11-17-16(19)13-18(23(3,20)21)12-10-14-6-8-15(22-2)9-7-14/h6-9H,4-5,10-13H2,1-3H3,(H,17,19). The molecule has 0 fully saturated rings. The average Bonchev–Trinajstić information content (AvgIpc) is 2.51. The summed E-state index contributed by atoms with van der Waals surface area (Å²) in [5.41, 5.74) is 0.992. The van der Waals surface area contributed by atoms with Gasteiger partial charge in [0.05, 0.1) is 19.9 Å². The summed E-state index contributed by atoms with van der Waals surface area (Å²) in [5.74, 6) is 0.489. The lowest BCUT2D eigenvalue weighted by molar-refractivity contribution is -0.121. The summed E-state index contributed by atoms with van der Waals surface area (Å²) in [6.45, 7) is 2.74. The molecule has 1 aromatic carbocycles. The van der Waals surface area contributed by atoms with Crippen LogP contribution in [0.15, 0.2) is 24.3 Å². The molecule has 1 N–H and O–H groups in total. The molecule has 0 atom stereocenters. The van der Waals surface area contributed by atoms with E-state index in [0.717, 1.165) is 30.4 Å². The molecule has 7 heteroatoms. The Morgan fingerprint density at radius 3 is 2.43 bits per heavy atom. The van der Waals surface area contributed by atoms with Gasteiger partial charge in [-0.2, -0.15) is 4.31 Å². The third kappa shape index (κ3) is 7.47. The van der Waals surface area contributed by atoms with Crippen molar-refractivity contribution in [2.75, 3.05) is 33.0 Å². The minimum absolute atomic E-state index is 0.140. The molecule has 0 aliphatic rings. The van der Waals surface area contributed by atoms with Gasteiger partial charge < -0.3 is 10.1 Å². The van der Waals surface area contributed by atoms with Crippen molar-refractivity contribution in [2.24, 2.45) is 0 Å². The van der Waals surface area contributed by atoms with Crippen molar-refractivity contribution in [1.29, 1.82) is 0 Å². The van der Waals surface area contributed by atoms with E-state index in [-0.39, 0.29) is 19.0 Å². The summed E-state index contributed by atoms with van der Waals surface area (Å²) in [4.78, 5) is 11.8. The van der Waals surface area contributed by atoms with Crippen LogP contribution in [0, 0.1) is 0 Å². The number of hydrogen-bond donors (Lipinski definition) is 1. The molecule has 1 aromatic rings. The van der Waals surface area contributed by atoms with Gasteiger partial charge in [0.1, 0.15) is 5.75 Å². The number of rotatable bonds is 10. The fraction of sp³-hybridized carbons (Fsp3) is 0.562. The first-order chi connectivity index (χ1) is 10.9. The van der Waals surface area contributed by atoms with E-state index in [4.69, 9.17) is 4.74 Å². The van der Waals surface area contributed by atoms with E-state index in [0.29, 0.717) is 13.0 Å². The zero-order valence-corrected chi connectivity index (χ0v) is 14.9. The number of hydrogen-bond acceptors (Lipinski definition) is 4. The molecule has 1 rings (SSSR count). The van der Waals surface area contributed by atoms with Crippen LogP contribution in [0.3, 0.4) is 0 Å². The molecule has 0 spiro atoms. The van der Waals surface area contributed by atoms with Gasteiger partial charge in [0, 0.05) is 13.1 Å². The van der Waals surface area contributed by atoms with E-state index in [1.807, 2.05) is 31.2 Å². The van der Waals surface area contributed by atoms with Gasteiger partial charge in [-0.25, -0.2) is 8.42 Å². The van der Waals surface area contributed by atoms with Crippen molar-refractivity contribution in [3.05, 3.63) is 29.8 Å². The molecule has 0 aliphatic heterocycles. The smallest absolute Gasteiger partial charge is 0.235 e. The van der Waals surface area contributed by atoms with E-state index in [1.54, 1.807) is 7.11 Å². The van der Waals surface area contributed by atoms with Crippen molar-refractivity contribution in [3.8, 4) is 5.75 Å². The minimum atomic E-state index is -3.43. The molecule has 0 heterocycles. The lowest BCUT2D eigenvalue weighted by Crippen LogP contribution is -2.41. The van der Waals surface area contributed by atoms with Gasteiger partial charge in [-0.3, -0.25) is 4.79 Å². The molecule has 0 unspecified atom stereocenters. The van der Waals surface area contributed by atoms with Crippen molar-refractivity contribution >= 4 is 15.9 Å². The van der Waals surface area contributed by atoms with Crippen molar-refractivity contribution < 1.29 is 17.9 Å². The normalized spacial score (nSPS) is 11.5. The van der Waals surface area contributed by atoms with Crippen molar-refractivity contribution in [1.82, 2.24) is 9.62 Å². The van der Waals surface area contributed by atoms with Crippen LogP contribution in [-0.2, 0) is 21.2 Å². The van der Waals surface area contributed by atoms with Gasteiger partial charge in [0.25, 0.3) is 0 Å². The summed E-state index contributed by atoms with van der Waals surface area (Å²) in [7, 11) is -1.83. The molecule has 0 bridgehead atoms. The fourth-order valence-electron chi connectivity index (χ4n) is 2.03. The molecule has 6 nitrogen and oxygen atoms in total. The molecular weight excluding hydrogens is 316 g/mol. The van der Waals surface area contributed by atoms with Crippen LogP contribution < -0.4 is 10.1 Å². The number of nitrogens with zero attached hydrogens (tertiary/aromatic N) is 1. The summed E-state index contributed by atoms with van der Waals surface area (Å²) in [6, 6.07) is 7.44. The van der Waals surface area contributed by atoms with E-state index in [9.17, 15) is 13.2 Å². The first-order valence-corrected chi connectivity index (χ1v) is 9.56. The summed E-state index contributed by atoms with van der Waals surface area (Å²) in [6.07, 6.45) is 3.53. The molecule has 23 heavy (non-hydrogen) atoms. The lowest BCUT2D eigenvalue weighted by atomic mass is 10.1. The summed E-state index contributed by atoms with van der Waals surface area (Å²) < 4.78 is 30.0. The zero-order valence-electron chi connectivity index (χ0n) is 14.0. The third-order valence-corrected chi connectivity index (χ3v) is 4.70. The van der Waals surface area contributed by atoms with Crippen LogP contribution in [0.25, 0.3) is 0 Å². The largest absolute Gasteiger partial charge is 0.497 e. The average molecular weight is 342 g/mol. The van der Waals surface area contributed by atoms with E-state index in [1.165, 1.54) is 4.31 Å². The number of sulfonamides is 1. The molecular formula is C16H26N2O4S. The number of carbonyl (C=O) groups is 1. The SMILES string of the molecule is CCCCNC(=O)CN(CCc1ccc(OC)cc1)S(C)(=O)=O. The lowest BCUT2D eigenvalue weighted by Gasteiger charge is -2.19. The maximum absolute atomic E-state index is 11.8. The Hall–Kier alpha value is -1.60. The Bertz CT molecular complexity index is 585. The van der Waals surface area contributed by atoms with E-state index >= 15 is 0 Å². The summed E-state index contributed by atoms with van der Waals surface area (Å²) >= 11 is 0. The molecule has 0 aromatic heterocycles. The number of amides is 1. The number of unbranched alkanes of at least 4 members (excludes halogenated alkanes) is 1. The van der Waals surface area contributed by atoms with Crippen LogP contribution in [0.2, 0.25) is 0 Å².